The number of hydrogen-bond donors (Lipinski definition) is 1. The van der Waals surface area contributed by atoms with Crippen LogP contribution in [0.3, 0.4) is 0 Å². The molecule has 6 heteroatoms. The Morgan fingerprint density at radius 1 is 1.35 bits per heavy atom. The molecule has 0 saturated heterocycles. The van der Waals surface area contributed by atoms with Crippen molar-refractivity contribution >= 4 is 11.0 Å². The van der Waals surface area contributed by atoms with Gasteiger partial charge in [0, 0.05) is 20.1 Å². The van der Waals surface area contributed by atoms with Crippen molar-refractivity contribution in [2.45, 2.75) is 25.4 Å². The summed E-state index contributed by atoms with van der Waals surface area (Å²) in [6.07, 6.45) is -2.42. The average Bonchev–Trinajstić information content (AvgIpc) is 2.72. The van der Waals surface area contributed by atoms with Gasteiger partial charge in [0.05, 0.1) is 17.1 Å². The monoisotopic (exact) mass is 284 g/mol. The first-order valence-corrected chi connectivity index (χ1v) is 6.52. The molecule has 2 rings (SSSR count). The van der Waals surface area contributed by atoms with Gasteiger partial charge in [0.15, 0.2) is 0 Å². The van der Waals surface area contributed by atoms with Crippen LogP contribution in [0.2, 0.25) is 0 Å². The number of aliphatic hydroxyl groups is 1. The van der Waals surface area contributed by atoms with Crippen LogP contribution < -0.4 is 0 Å². The average molecular weight is 284 g/mol. The lowest BCUT2D eigenvalue weighted by Crippen LogP contribution is -2.17. The molecule has 0 amide bonds. The number of fused-ring (bicyclic) bond motifs is 1. The van der Waals surface area contributed by atoms with Gasteiger partial charge in [-0.15, -0.1) is 0 Å². The number of halogens is 2. The molecule has 4 nitrogen and oxygen atoms in total. The molecule has 1 aromatic heterocycles. The maximum absolute atomic E-state index is 11.9. The van der Waals surface area contributed by atoms with Crippen molar-refractivity contribution in [3.63, 3.8) is 0 Å². The van der Waals surface area contributed by atoms with Crippen molar-refractivity contribution in [2.75, 3.05) is 13.2 Å². The van der Waals surface area contributed by atoms with Gasteiger partial charge in [-0.2, -0.15) is 0 Å². The lowest BCUT2D eigenvalue weighted by atomic mass is 10.2. The van der Waals surface area contributed by atoms with Gasteiger partial charge in [-0.25, -0.2) is 13.8 Å². The first-order chi connectivity index (χ1) is 9.58. The number of ether oxygens (including phenoxy) is 1. The van der Waals surface area contributed by atoms with Crippen LogP contribution in [-0.4, -0.2) is 40.4 Å². The summed E-state index contributed by atoms with van der Waals surface area (Å²) in [4.78, 5) is 4.45. The number of aliphatic hydroxyl groups excluding tert-OH is 1. The quantitative estimate of drug-likeness (QED) is 0.792. The minimum Gasteiger partial charge on any atom is -0.393 e. The van der Waals surface area contributed by atoms with Gasteiger partial charge >= 0.3 is 0 Å². The molecule has 0 aliphatic carbocycles. The van der Waals surface area contributed by atoms with E-state index in [2.05, 4.69) is 4.98 Å². The number of nitrogens with zero attached hydrogens (tertiary/aromatic N) is 2. The van der Waals surface area contributed by atoms with E-state index in [0.29, 0.717) is 12.8 Å². The van der Waals surface area contributed by atoms with Gasteiger partial charge in [-0.05, 0) is 18.6 Å². The Morgan fingerprint density at radius 3 is 2.80 bits per heavy atom. The zero-order valence-corrected chi connectivity index (χ0v) is 11.3. The first kappa shape index (κ1) is 14.9. The van der Waals surface area contributed by atoms with E-state index in [1.54, 1.807) is 0 Å². The molecule has 110 valence electrons. The molecule has 1 unspecified atom stereocenters. The van der Waals surface area contributed by atoms with E-state index in [9.17, 15) is 13.9 Å². The van der Waals surface area contributed by atoms with Crippen LogP contribution in [0.1, 0.15) is 12.2 Å². The third kappa shape index (κ3) is 3.74. The van der Waals surface area contributed by atoms with Crippen LogP contribution in [0, 0.1) is 0 Å². The topological polar surface area (TPSA) is 47.3 Å². The van der Waals surface area contributed by atoms with E-state index < -0.39 is 19.1 Å². The van der Waals surface area contributed by atoms with Gasteiger partial charge < -0.3 is 14.4 Å². The molecule has 0 saturated carbocycles. The van der Waals surface area contributed by atoms with E-state index in [-0.39, 0.29) is 6.61 Å². The fourth-order valence-electron chi connectivity index (χ4n) is 2.08. The van der Waals surface area contributed by atoms with Gasteiger partial charge in [0.1, 0.15) is 12.4 Å². The Labute approximate surface area is 116 Å². The Morgan fingerprint density at radius 2 is 2.10 bits per heavy atom. The summed E-state index contributed by atoms with van der Waals surface area (Å²) in [6.45, 7) is -0.464. The Kier molecular flexibility index (Phi) is 5.03. The summed E-state index contributed by atoms with van der Waals surface area (Å²) in [6, 6.07) is 7.72. The lowest BCUT2D eigenvalue weighted by Gasteiger charge is -2.10. The summed E-state index contributed by atoms with van der Waals surface area (Å²) in [7, 11) is 1.89. The molecule has 1 N–H and O–H groups in total. The van der Waals surface area contributed by atoms with Gasteiger partial charge in [0.25, 0.3) is 6.43 Å². The van der Waals surface area contributed by atoms with Crippen LogP contribution in [0.15, 0.2) is 24.3 Å². The number of aryl methyl sites for hydroxylation is 1. The molecule has 0 aliphatic heterocycles. The van der Waals surface area contributed by atoms with E-state index >= 15 is 0 Å². The van der Waals surface area contributed by atoms with E-state index in [0.717, 1.165) is 16.9 Å². The van der Waals surface area contributed by atoms with E-state index in [1.807, 2.05) is 35.9 Å². The molecule has 2 aromatic rings. The lowest BCUT2D eigenvalue weighted by molar-refractivity contribution is 0.00490. The van der Waals surface area contributed by atoms with Crippen LogP contribution in [0.4, 0.5) is 8.78 Å². The second-order valence-electron chi connectivity index (χ2n) is 4.69. The second-order valence-corrected chi connectivity index (χ2v) is 4.69. The largest absolute Gasteiger partial charge is 0.393 e. The van der Waals surface area contributed by atoms with Gasteiger partial charge in [-0.1, -0.05) is 12.1 Å². The van der Waals surface area contributed by atoms with Crippen LogP contribution in [-0.2, 0) is 18.2 Å². The van der Waals surface area contributed by atoms with E-state index in [1.165, 1.54) is 0 Å². The molecule has 20 heavy (non-hydrogen) atoms. The number of para-hydroxylation sites is 2. The number of imidazole rings is 1. The number of alkyl halides is 2. The smallest absolute Gasteiger partial charge is 0.261 e. The minimum atomic E-state index is -2.47. The maximum atomic E-state index is 11.9. The molecule has 0 bridgehead atoms. The molecule has 0 radical (unpaired) electrons. The summed E-state index contributed by atoms with van der Waals surface area (Å²) in [5.41, 5.74) is 1.88. The van der Waals surface area contributed by atoms with Crippen LogP contribution in [0.5, 0.6) is 0 Å². The molecule has 1 atom stereocenters. The highest BCUT2D eigenvalue weighted by atomic mass is 19.3. The Balaban J connectivity index is 1.89. The maximum Gasteiger partial charge on any atom is 0.261 e. The van der Waals surface area contributed by atoms with Crippen molar-refractivity contribution < 1.29 is 18.6 Å². The summed E-state index contributed by atoms with van der Waals surface area (Å²) >= 11 is 0. The molecule has 1 heterocycles. The molecule has 1 aromatic carbocycles. The highest BCUT2D eigenvalue weighted by Crippen LogP contribution is 2.15. The summed E-state index contributed by atoms with van der Waals surface area (Å²) < 4.78 is 30.4. The fraction of sp³-hybridized carbons (Fsp3) is 0.500. The second kappa shape index (κ2) is 6.76. The Bertz CT molecular complexity index is 557. The van der Waals surface area contributed by atoms with Crippen molar-refractivity contribution in [1.82, 2.24) is 9.55 Å². The third-order valence-electron chi connectivity index (χ3n) is 3.14. The first-order valence-electron chi connectivity index (χ1n) is 6.52. The third-order valence-corrected chi connectivity index (χ3v) is 3.14. The number of benzene rings is 1. The van der Waals surface area contributed by atoms with Crippen molar-refractivity contribution in [3.05, 3.63) is 30.1 Å². The molecule has 0 aliphatic rings. The highest BCUT2D eigenvalue weighted by Gasteiger charge is 2.12. The molecule has 0 fully saturated rings. The van der Waals surface area contributed by atoms with Gasteiger partial charge in [-0.3, -0.25) is 0 Å². The number of aromatic nitrogens is 2. The summed E-state index contributed by atoms with van der Waals surface area (Å²) in [5, 5.41) is 9.90. The normalized spacial score (nSPS) is 13.2. The molecular weight excluding hydrogens is 266 g/mol. The summed E-state index contributed by atoms with van der Waals surface area (Å²) in [5.74, 6) is 0.771. The predicted octanol–water partition coefficient (Wildman–Crippen LogP) is 2.15. The predicted molar refractivity (Wildman–Crippen MR) is 71.9 cm³/mol. The van der Waals surface area contributed by atoms with Crippen molar-refractivity contribution in [3.8, 4) is 0 Å². The van der Waals surface area contributed by atoms with E-state index in [4.69, 9.17) is 4.74 Å². The molecular formula is C14H18F2N2O2. The van der Waals surface area contributed by atoms with Crippen LogP contribution in [0.25, 0.3) is 11.0 Å². The minimum absolute atomic E-state index is 0.120. The van der Waals surface area contributed by atoms with Crippen molar-refractivity contribution in [2.24, 2.45) is 7.05 Å². The SMILES string of the molecule is Cn1c(CC(O)CCOCC(F)F)nc2ccccc21. The zero-order valence-electron chi connectivity index (χ0n) is 11.3. The Hall–Kier alpha value is -1.53. The van der Waals surface area contributed by atoms with Crippen molar-refractivity contribution in [1.29, 1.82) is 0 Å². The zero-order chi connectivity index (χ0) is 14.5. The number of rotatable bonds is 7. The standard InChI is InChI=1S/C14H18F2N2O2/c1-18-12-5-3-2-4-11(12)17-14(18)8-10(19)6-7-20-9-13(15)16/h2-5,10,13,19H,6-9H2,1H3. The van der Waals surface area contributed by atoms with Crippen LogP contribution >= 0.6 is 0 Å². The highest BCUT2D eigenvalue weighted by molar-refractivity contribution is 5.75. The number of hydrogen-bond acceptors (Lipinski definition) is 3. The molecule has 0 spiro atoms. The fourth-order valence-corrected chi connectivity index (χ4v) is 2.08. The van der Waals surface area contributed by atoms with Gasteiger partial charge in [0.2, 0.25) is 0 Å².